The Morgan fingerprint density at radius 3 is 2.66 bits per heavy atom. The van der Waals surface area contributed by atoms with Crippen LogP contribution in [0.15, 0.2) is 57.8 Å². The van der Waals surface area contributed by atoms with E-state index in [1.165, 1.54) is 22.9 Å². The molecule has 0 saturated carbocycles. The minimum atomic E-state index is -4.02. The highest BCUT2D eigenvalue weighted by molar-refractivity contribution is 14.1. The van der Waals surface area contributed by atoms with Crippen molar-refractivity contribution in [3.8, 4) is 5.69 Å². The van der Waals surface area contributed by atoms with Crippen molar-refractivity contribution >= 4 is 72.3 Å². The molecular weight excluding hydrogens is 608 g/mol. The fraction of sp³-hybridized carbons (Fsp3) is 0.136. The summed E-state index contributed by atoms with van der Waals surface area (Å²) < 4.78 is 43.1. The number of amides is 2. The maximum absolute atomic E-state index is 14.2. The van der Waals surface area contributed by atoms with Crippen molar-refractivity contribution in [2.24, 2.45) is 0 Å². The molecule has 35 heavy (non-hydrogen) atoms. The number of thiophene rings is 1. The Bertz CT molecular complexity index is 1620. The molecule has 1 aromatic carbocycles. The molecule has 0 radical (unpaired) electrons. The van der Waals surface area contributed by atoms with Crippen molar-refractivity contribution < 1.29 is 17.6 Å². The fourth-order valence-electron chi connectivity index (χ4n) is 3.36. The molecule has 0 aliphatic carbocycles. The van der Waals surface area contributed by atoms with Crippen LogP contribution in [0.5, 0.6) is 0 Å². The predicted octanol–water partition coefficient (Wildman–Crippen LogP) is 4.38. The zero-order valence-electron chi connectivity index (χ0n) is 18.4. The largest absolute Gasteiger partial charge is 0.386 e. The summed E-state index contributed by atoms with van der Waals surface area (Å²) in [6, 6.07) is 8.20. The van der Waals surface area contributed by atoms with E-state index in [9.17, 15) is 22.4 Å². The van der Waals surface area contributed by atoms with E-state index in [4.69, 9.17) is 0 Å². The van der Waals surface area contributed by atoms with Gasteiger partial charge in [-0.3, -0.25) is 14.7 Å². The lowest BCUT2D eigenvalue weighted by molar-refractivity contribution is 0.256. The molecule has 0 unspecified atom stereocenters. The van der Waals surface area contributed by atoms with Crippen molar-refractivity contribution in [1.29, 1.82) is 0 Å². The Labute approximate surface area is 217 Å². The highest BCUT2D eigenvalue weighted by atomic mass is 127. The van der Waals surface area contributed by atoms with Gasteiger partial charge in [0.1, 0.15) is 15.8 Å². The number of hydrogen-bond donors (Lipinski definition) is 3. The zero-order valence-corrected chi connectivity index (χ0v) is 22.2. The molecule has 0 fully saturated rings. The average Bonchev–Trinajstić information content (AvgIpc) is 3.31. The molecule has 3 N–H and O–H groups in total. The lowest BCUT2D eigenvalue weighted by Gasteiger charge is -2.12. The van der Waals surface area contributed by atoms with Crippen molar-refractivity contribution in [3.05, 3.63) is 75.4 Å². The molecule has 0 spiro atoms. The van der Waals surface area contributed by atoms with Gasteiger partial charge < -0.3 is 5.32 Å². The summed E-state index contributed by atoms with van der Waals surface area (Å²) in [4.78, 5) is 30.3. The van der Waals surface area contributed by atoms with Crippen LogP contribution in [-0.2, 0) is 14.5 Å². The standard InChI is InChI=1S/C22H19FIN5O4S2/c1-12-7-14(29-6-5-13-8-18(25-2)17(23)9-16(13)21(29)30)11-26-20(12)27-22(31)28-35(32,33)19-4-3-15(10-24)34-19/h3-9,11,25H,10H2,1-2H3,(H2,26,27,28,31). The number of sulfonamides is 1. The van der Waals surface area contributed by atoms with Crippen molar-refractivity contribution in [3.63, 3.8) is 0 Å². The zero-order chi connectivity index (χ0) is 25.3. The quantitative estimate of drug-likeness (QED) is 0.216. The second-order valence-electron chi connectivity index (χ2n) is 7.43. The van der Waals surface area contributed by atoms with Crippen LogP contribution in [0.3, 0.4) is 0 Å². The van der Waals surface area contributed by atoms with Crippen LogP contribution in [0, 0.1) is 12.7 Å². The number of urea groups is 1. The number of carbonyl (C=O) groups is 1. The second-order valence-corrected chi connectivity index (χ2v) is 11.3. The van der Waals surface area contributed by atoms with Crippen LogP contribution in [0.1, 0.15) is 10.4 Å². The summed E-state index contributed by atoms with van der Waals surface area (Å²) in [6.07, 6.45) is 2.91. The molecule has 4 rings (SSSR count). The van der Waals surface area contributed by atoms with Gasteiger partial charge in [0.2, 0.25) is 0 Å². The summed E-state index contributed by atoms with van der Waals surface area (Å²) in [5.74, 6) is -0.420. The Morgan fingerprint density at radius 1 is 1.23 bits per heavy atom. The predicted molar refractivity (Wildman–Crippen MR) is 143 cm³/mol. The number of benzene rings is 1. The van der Waals surface area contributed by atoms with Gasteiger partial charge in [-0.2, -0.15) is 0 Å². The Morgan fingerprint density at radius 2 is 2.00 bits per heavy atom. The summed E-state index contributed by atoms with van der Waals surface area (Å²) in [5, 5.41) is 5.94. The van der Waals surface area contributed by atoms with E-state index >= 15 is 0 Å². The van der Waals surface area contributed by atoms with Gasteiger partial charge in [-0.1, -0.05) is 22.6 Å². The smallest absolute Gasteiger partial charge is 0.334 e. The first-order valence-electron chi connectivity index (χ1n) is 10.1. The third kappa shape index (κ3) is 5.16. The molecule has 0 aliphatic heterocycles. The monoisotopic (exact) mass is 627 g/mol. The maximum Gasteiger partial charge on any atom is 0.334 e. The summed E-state index contributed by atoms with van der Waals surface area (Å²) in [7, 11) is -2.43. The molecule has 3 aromatic heterocycles. The number of nitrogens with one attached hydrogen (secondary N) is 3. The second kappa shape index (κ2) is 9.91. The lowest BCUT2D eigenvalue weighted by atomic mass is 10.1. The molecule has 4 aromatic rings. The van der Waals surface area contributed by atoms with Gasteiger partial charge in [0.05, 0.1) is 23.0 Å². The van der Waals surface area contributed by atoms with Gasteiger partial charge in [-0.05, 0) is 54.3 Å². The number of halogens is 2. The van der Waals surface area contributed by atoms with Crippen molar-refractivity contribution in [2.75, 3.05) is 17.7 Å². The minimum Gasteiger partial charge on any atom is -0.386 e. The molecule has 0 saturated heterocycles. The first-order chi connectivity index (χ1) is 16.6. The molecule has 3 heterocycles. The van der Waals surface area contributed by atoms with Gasteiger partial charge in [0.25, 0.3) is 15.6 Å². The number of nitrogens with zero attached hydrogens (tertiary/aromatic N) is 2. The van der Waals surface area contributed by atoms with Gasteiger partial charge in [-0.25, -0.2) is 27.3 Å². The van der Waals surface area contributed by atoms with Crippen LogP contribution < -0.4 is 20.9 Å². The van der Waals surface area contributed by atoms with Gasteiger partial charge >= 0.3 is 6.03 Å². The normalized spacial score (nSPS) is 11.4. The number of carbonyl (C=O) groups excluding carboxylic acids is 1. The molecule has 0 aliphatic rings. The number of anilines is 2. The SMILES string of the molecule is CNc1cc2ccn(-c3cnc(NC(=O)NS(=O)(=O)c4ccc(CI)s4)c(C)c3)c(=O)c2cc1F. The molecule has 13 heteroatoms. The van der Waals surface area contributed by atoms with Crippen LogP contribution in [0.2, 0.25) is 0 Å². The third-order valence-corrected chi connectivity index (χ3v) is 9.34. The lowest BCUT2D eigenvalue weighted by Crippen LogP contribution is -2.34. The third-order valence-electron chi connectivity index (χ3n) is 5.10. The van der Waals surface area contributed by atoms with Crippen LogP contribution in [0.4, 0.5) is 20.7 Å². The number of pyridine rings is 2. The average molecular weight is 627 g/mol. The van der Waals surface area contributed by atoms with Crippen LogP contribution in [0.25, 0.3) is 16.5 Å². The maximum atomic E-state index is 14.2. The van der Waals surface area contributed by atoms with E-state index in [1.807, 2.05) is 4.72 Å². The van der Waals surface area contributed by atoms with E-state index in [2.05, 4.69) is 38.2 Å². The Hall–Kier alpha value is -3.04. The van der Waals surface area contributed by atoms with Crippen LogP contribution in [-0.4, -0.2) is 31.0 Å². The summed E-state index contributed by atoms with van der Waals surface area (Å²) in [6.45, 7) is 1.65. The molecule has 0 atom stereocenters. The molecule has 2 amide bonds. The van der Waals surface area contributed by atoms with E-state index in [-0.39, 0.29) is 21.1 Å². The van der Waals surface area contributed by atoms with E-state index in [1.54, 1.807) is 44.4 Å². The van der Waals surface area contributed by atoms with Crippen LogP contribution >= 0.6 is 33.9 Å². The van der Waals surface area contributed by atoms with E-state index in [0.717, 1.165) is 16.2 Å². The Kier molecular flexibility index (Phi) is 7.10. The first kappa shape index (κ1) is 25.1. The number of aromatic nitrogens is 2. The highest BCUT2D eigenvalue weighted by Gasteiger charge is 2.20. The number of alkyl halides is 1. The fourth-order valence-corrected chi connectivity index (χ4v) is 6.20. The van der Waals surface area contributed by atoms with E-state index < -0.39 is 27.4 Å². The minimum absolute atomic E-state index is 0.0355. The number of fused-ring (bicyclic) bond motifs is 1. The summed E-state index contributed by atoms with van der Waals surface area (Å²) in [5.41, 5.74) is 0.738. The number of aryl methyl sites for hydroxylation is 1. The van der Waals surface area contributed by atoms with Crippen molar-refractivity contribution in [1.82, 2.24) is 14.3 Å². The number of hydrogen-bond acceptors (Lipinski definition) is 7. The van der Waals surface area contributed by atoms with Gasteiger partial charge in [-0.15, -0.1) is 11.3 Å². The number of rotatable bonds is 6. The molecule has 182 valence electrons. The molecular formula is C22H19FIN5O4S2. The van der Waals surface area contributed by atoms with E-state index in [0.29, 0.717) is 21.1 Å². The highest BCUT2D eigenvalue weighted by Crippen LogP contribution is 2.24. The topological polar surface area (TPSA) is 122 Å². The molecule has 9 nitrogen and oxygen atoms in total. The van der Waals surface area contributed by atoms with Gasteiger partial charge in [0, 0.05) is 22.5 Å². The molecule has 0 bridgehead atoms. The summed E-state index contributed by atoms with van der Waals surface area (Å²) >= 11 is 3.21. The van der Waals surface area contributed by atoms with Crippen molar-refractivity contribution in [2.45, 2.75) is 15.6 Å². The first-order valence-corrected chi connectivity index (χ1v) is 13.9. The van der Waals surface area contributed by atoms with Gasteiger partial charge in [0.15, 0.2) is 0 Å². The Balaban J connectivity index is 1.57.